The number of anilines is 1. The Balaban J connectivity index is 1.51. The minimum Gasteiger partial charge on any atom is -0.477 e. The average Bonchev–Trinajstić information content (AvgIpc) is 3.16. The summed E-state index contributed by atoms with van der Waals surface area (Å²) in [6.45, 7) is 0. The Morgan fingerprint density at radius 1 is 0.939 bits per heavy atom. The summed E-state index contributed by atoms with van der Waals surface area (Å²) in [5, 5.41) is 17.8. The second-order valence-electron chi connectivity index (χ2n) is 7.52. The molecule has 0 saturated carbocycles. The molecule has 0 spiro atoms. The van der Waals surface area contributed by atoms with Crippen molar-refractivity contribution < 1.29 is 18.3 Å². The van der Waals surface area contributed by atoms with Crippen LogP contribution in [0.2, 0.25) is 0 Å². The molecule has 0 bridgehead atoms. The van der Waals surface area contributed by atoms with Gasteiger partial charge in [-0.1, -0.05) is 18.2 Å². The number of benzene rings is 3. The molecule has 4 rings (SSSR count). The van der Waals surface area contributed by atoms with E-state index in [1.807, 2.05) is 43.3 Å². The molecular weight excluding hydrogens is 442 g/mol. The molecule has 0 aromatic heterocycles. The highest BCUT2D eigenvalue weighted by atomic mass is 32.2. The molecule has 1 aliphatic rings. The smallest absolute Gasteiger partial charge is 0.352 e. The number of carboxylic acid groups (broad SMARTS) is 1. The third kappa shape index (κ3) is 4.81. The van der Waals surface area contributed by atoms with Gasteiger partial charge in [0.25, 0.3) is 0 Å². The van der Waals surface area contributed by atoms with Crippen LogP contribution in [0.4, 0.5) is 22.7 Å². The zero-order valence-electron chi connectivity index (χ0n) is 17.9. The van der Waals surface area contributed by atoms with Gasteiger partial charge < -0.3 is 10.0 Å². The van der Waals surface area contributed by atoms with Crippen LogP contribution in [0.15, 0.2) is 92.9 Å². The maximum atomic E-state index is 12.9. The minimum atomic E-state index is -4.02. The Labute approximate surface area is 191 Å². The van der Waals surface area contributed by atoms with Crippen LogP contribution in [0.5, 0.6) is 0 Å². The van der Waals surface area contributed by atoms with E-state index < -0.39 is 22.0 Å². The van der Waals surface area contributed by atoms with Crippen molar-refractivity contribution in [1.29, 1.82) is 0 Å². The fourth-order valence-corrected chi connectivity index (χ4v) is 4.49. The van der Waals surface area contributed by atoms with Crippen LogP contribution in [0, 0.1) is 0 Å². The van der Waals surface area contributed by atoms with Gasteiger partial charge in [0, 0.05) is 25.3 Å². The molecule has 1 heterocycles. The zero-order chi connectivity index (χ0) is 23.6. The molecule has 3 aromatic carbocycles. The first-order valence-corrected chi connectivity index (χ1v) is 11.5. The number of azo groups is 1. The summed E-state index contributed by atoms with van der Waals surface area (Å²) >= 11 is 0. The van der Waals surface area contributed by atoms with Crippen molar-refractivity contribution in [1.82, 2.24) is 4.72 Å². The van der Waals surface area contributed by atoms with Crippen molar-refractivity contribution >= 4 is 44.5 Å². The van der Waals surface area contributed by atoms with Gasteiger partial charge >= 0.3 is 5.97 Å². The second-order valence-corrected chi connectivity index (χ2v) is 9.23. The van der Waals surface area contributed by atoms with Crippen molar-refractivity contribution in [2.45, 2.75) is 10.9 Å². The fraction of sp³-hybridized carbons (Fsp3) is 0.130. The van der Waals surface area contributed by atoms with Gasteiger partial charge in [-0.25, -0.2) is 18.2 Å². The number of nitrogens with zero attached hydrogens (tertiary/aromatic N) is 4. The molecule has 33 heavy (non-hydrogen) atoms. The van der Waals surface area contributed by atoms with Crippen LogP contribution < -0.4 is 9.62 Å². The highest BCUT2D eigenvalue weighted by molar-refractivity contribution is 7.89. The molecule has 1 aliphatic heterocycles. The maximum Gasteiger partial charge on any atom is 0.352 e. The Kier molecular flexibility index (Phi) is 6.03. The van der Waals surface area contributed by atoms with E-state index in [9.17, 15) is 18.3 Å². The predicted molar refractivity (Wildman–Crippen MR) is 126 cm³/mol. The molecule has 9 nitrogen and oxygen atoms in total. The normalized spacial score (nSPS) is 15.3. The number of carbonyl (C=O) groups is 1. The monoisotopic (exact) mass is 463 g/mol. The van der Waals surface area contributed by atoms with Crippen LogP contribution in [0.3, 0.4) is 0 Å². The number of rotatable bonds is 7. The molecule has 0 fully saturated rings. The quantitative estimate of drug-likeness (QED) is 0.504. The van der Waals surface area contributed by atoms with Gasteiger partial charge in [-0.2, -0.15) is 15.0 Å². The molecule has 0 saturated heterocycles. The van der Waals surface area contributed by atoms with Crippen LogP contribution in [0.1, 0.15) is 11.6 Å². The van der Waals surface area contributed by atoms with Crippen LogP contribution in [-0.2, 0) is 14.8 Å². The molecule has 0 aliphatic carbocycles. The van der Waals surface area contributed by atoms with Gasteiger partial charge in [0.15, 0.2) is 0 Å². The van der Waals surface area contributed by atoms with E-state index in [-0.39, 0.29) is 10.6 Å². The first-order chi connectivity index (χ1) is 15.7. The third-order valence-corrected chi connectivity index (χ3v) is 6.49. The highest BCUT2D eigenvalue weighted by Gasteiger charge is 2.35. The number of aliphatic carboxylic acids is 1. The summed E-state index contributed by atoms with van der Waals surface area (Å²) in [6.07, 6.45) is 0. The fourth-order valence-electron chi connectivity index (χ4n) is 3.31. The third-order valence-electron chi connectivity index (χ3n) is 5.05. The predicted octanol–water partition coefficient (Wildman–Crippen LogP) is 4.36. The summed E-state index contributed by atoms with van der Waals surface area (Å²) in [4.78, 5) is 17.6. The zero-order valence-corrected chi connectivity index (χ0v) is 18.7. The number of fused-ring (bicyclic) bond motifs is 1. The Bertz CT molecular complexity index is 1350. The number of para-hydroxylation sites is 1. The molecule has 10 heteroatoms. The molecule has 1 unspecified atom stereocenters. The molecule has 168 valence electrons. The maximum absolute atomic E-state index is 12.9. The van der Waals surface area contributed by atoms with Crippen LogP contribution in [0.25, 0.3) is 0 Å². The van der Waals surface area contributed by atoms with Crippen molar-refractivity contribution in [3.63, 3.8) is 0 Å². The van der Waals surface area contributed by atoms with Gasteiger partial charge in [-0.3, -0.25) is 0 Å². The number of carboxylic acids is 1. The Morgan fingerprint density at radius 3 is 2.09 bits per heavy atom. The Morgan fingerprint density at radius 2 is 1.52 bits per heavy atom. The van der Waals surface area contributed by atoms with Crippen molar-refractivity contribution in [2.24, 2.45) is 15.2 Å². The van der Waals surface area contributed by atoms with Gasteiger partial charge in [0.1, 0.15) is 5.71 Å². The largest absolute Gasteiger partial charge is 0.477 e. The van der Waals surface area contributed by atoms with Gasteiger partial charge in [0.05, 0.1) is 28.0 Å². The average molecular weight is 464 g/mol. The number of aliphatic imine (C=N–C) groups is 1. The van der Waals surface area contributed by atoms with E-state index in [4.69, 9.17) is 0 Å². The summed E-state index contributed by atoms with van der Waals surface area (Å²) in [5.41, 5.74) is 2.83. The van der Waals surface area contributed by atoms with Crippen molar-refractivity contribution in [3.8, 4) is 0 Å². The first kappa shape index (κ1) is 22.3. The van der Waals surface area contributed by atoms with E-state index in [2.05, 4.69) is 19.9 Å². The van der Waals surface area contributed by atoms with E-state index in [0.717, 1.165) is 5.69 Å². The summed E-state index contributed by atoms with van der Waals surface area (Å²) in [7, 11) is -0.128. The van der Waals surface area contributed by atoms with Gasteiger partial charge in [-0.05, 0) is 54.6 Å². The number of nitrogens with one attached hydrogen (secondary N) is 1. The topological polar surface area (TPSA) is 124 Å². The lowest BCUT2D eigenvalue weighted by Crippen LogP contribution is -2.35. The molecular formula is C23H21N5O4S. The highest BCUT2D eigenvalue weighted by Crippen LogP contribution is 2.35. The van der Waals surface area contributed by atoms with E-state index in [0.29, 0.717) is 22.6 Å². The molecule has 2 N–H and O–H groups in total. The van der Waals surface area contributed by atoms with E-state index in [1.165, 1.54) is 24.3 Å². The van der Waals surface area contributed by atoms with Crippen molar-refractivity contribution in [3.05, 3.63) is 78.4 Å². The molecule has 1 atom stereocenters. The summed E-state index contributed by atoms with van der Waals surface area (Å²) < 4.78 is 28.3. The number of sulfonamides is 1. The summed E-state index contributed by atoms with van der Waals surface area (Å²) in [5.74, 6) is -1.28. The number of hydrogen-bond acceptors (Lipinski definition) is 7. The lowest BCUT2D eigenvalue weighted by atomic mass is 10.1. The molecule has 0 radical (unpaired) electrons. The van der Waals surface area contributed by atoms with Crippen molar-refractivity contribution in [2.75, 3.05) is 19.0 Å². The van der Waals surface area contributed by atoms with E-state index in [1.54, 1.807) is 24.3 Å². The molecule has 3 aromatic rings. The van der Waals surface area contributed by atoms with Gasteiger partial charge in [-0.15, -0.1) is 0 Å². The number of hydrogen-bond donors (Lipinski definition) is 2. The summed E-state index contributed by atoms with van der Waals surface area (Å²) in [6, 6.07) is 19.0. The SMILES string of the molecule is CN(C)c1ccc(N=Nc2ccc(S(=O)(=O)NC3C(C(=O)O)=Nc4ccccc43)cc2)cc1. The van der Waals surface area contributed by atoms with Crippen LogP contribution in [-0.4, -0.2) is 39.3 Å². The molecule has 0 amide bonds. The lowest BCUT2D eigenvalue weighted by Gasteiger charge is -2.15. The standard InChI is InChI=1S/C23H21N5O4S/c1-28(2)17-11-7-15(8-12-17)25-26-16-9-13-18(14-10-16)33(31,32)27-21-19-5-3-4-6-20(19)24-22(21)23(29)30/h3-14,21,27H,1-2H3,(H,29,30). The first-order valence-electron chi connectivity index (χ1n) is 9.97. The lowest BCUT2D eigenvalue weighted by molar-refractivity contribution is -0.129. The van der Waals surface area contributed by atoms with Crippen LogP contribution >= 0.6 is 0 Å². The minimum absolute atomic E-state index is 0.0223. The van der Waals surface area contributed by atoms with E-state index >= 15 is 0 Å². The Hall–Kier alpha value is -3.89. The van der Waals surface area contributed by atoms with Gasteiger partial charge in [0.2, 0.25) is 10.0 Å². The second kappa shape index (κ2) is 8.93.